The molecule has 1 aromatic carbocycles. The predicted octanol–water partition coefficient (Wildman–Crippen LogP) is 2.12. The van der Waals surface area contributed by atoms with Crippen LogP contribution in [0, 0.1) is 20.8 Å². The average Bonchev–Trinajstić information content (AvgIpc) is 3.23. The number of thiazole rings is 1. The number of quaternary nitrogens is 1. The van der Waals surface area contributed by atoms with Gasteiger partial charge >= 0.3 is 0 Å². The summed E-state index contributed by atoms with van der Waals surface area (Å²) in [5.74, 6) is 0.0234. The quantitative estimate of drug-likeness (QED) is 0.585. The Bertz CT molecular complexity index is 1030. The summed E-state index contributed by atoms with van der Waals surface area (Å²) in [4.78, 5) is 30.2. The Hall–Kier alpha value is -2.77. The van der Waals surface area contributed by atoms with E-state index < -0.39 is 0 Å². The first kappa shape index (κ1) is 21.0. The fraction of sp³-hybridized carbons (Fsp3) is 0.318. The summed E-state index contributed by atoms with van der Waals surface area (Å²) in [7, 11) is 3.63. The average molecular weight is 412 g/mol. The highest BCUT2D eigenvalue weighted by atomic mass is 32.1. The predicted molar refractivity (Wildman–Crippen MR) is 115 cm³/mol. The minimum Gasteiger partial charge on any atom is -0.355 e. The molecule has 2 N–H and O–H groups in total. The van der Waals surface area contributed by atoms with Gasteiger partial charge in [-0.1, -0.05) is 12.1 Å². The van der Waals surface area contributed by atoms with Gasteiger partial charge in [-0.15, -0.1) is 11.3 Å². The third kappa shape index (κ3) is 4.63. The molecule has 0 aliphatic heterocycles. The summed E-state index contributed by atoms with van der Waals surface area (Å²) >= 11 is 1.58. The highest BCUT2D eigenvalue weighted by Crippen LogP contribution is 2.23. The molecule has 2 heterocycles. The number of rotatable bonds is 7. The van der Waals surface area contributed by atoms with Crippen LogP contribution >= 0.6 is 11.3 Å². The van der Waals surface area contributed by atoms with E-state index >= 15 is 0 Å². The van der Waals surface area contributed by atoms with Gasteiger partial charge in [0.15, 0.2) is 5.13 Å². The van der Waals surface area contributed by atoms with E-state index in [1.807, 2.05) is 63.5 Å². The lowest BCUT2D eigenvalue weighted by Crippen LogP contribution is -3.08. The Morgan fingerprint density at radius 1 is 1.17 bits per heavy atom. The molecule has 6 nitrogen and oxygen atoms in total. The van der Waals surface area contributed by atoms with E-state index in [9.17, 15) is 9.59 Å². The molecule has 0 aliphatic rings. The number of ketones is 1. The highest BCUT2D eigenvalue weighted by Gasteiger charge is 2.21. The van der Waals surface area contributed by atoms with Gasteiger partial charge in [0.05, 0.1) is 12.7 Å². The molecule has 0 bridgehead atoms. The van der Waals surface area contributed by atoms with E-state index in [0.717, 1.165) is 38.2 Å². The SMILES string of the molecule is CNC(=O)c1ccc(C[NH+](C)CC(=O)c2cc(C)n(-c3nc(C)cs3)c2C)cc1. The van der Waals surface area contributed by atoms with E-state index in [0.29, 0.717) is 18.7 Å². The minimum absolute atomic E-state index is 0.0989. The van der Waals surface area contributed by atoms with Crippen LogP contribution in [0.1, 0.15) is 43.4 Å². The lowest BCUT2D eigenvalue weighted by Gasteiger charge is -2.14. The number of benzene rings is 1. The zero-order chi connectivity index (χ0) is 21.1. The molecule has 152 valence electrons. The number of aromatic nitrogens is 2. The van der Waals surface area contributed by atoms with Crippen molar-refractivity contribution in [2.24, 2.45) is 0 Å². The number of aryl methyl sites for hydroxylation is 2. The van der Waals surface area contributed by atoms with Crippen LogP contribution in [0.25, 0.3) is 5.13 Å². The number of amides is 1. The van der Waals surface area contributed by atoms with Crippen molar-refractivity contribution < 1.29 is 14.5 Å². The van der Waals surface area contributed by atoms with Crippen LogP contribution < -0.4 is 10.2 Å². The van der Waals surface area contributed by atoms with E-state index in [1.165, 1.54) is 0 Å². The van der Waals surface area contributed by atoms with Gasteiger partial charge in [-0.05, 0) is 39.0 Å². The zero-order valence-electron chi connectivity index (χ0n) is 17.5. The molecule has 0 radical (unpaired) electrons. The number of carbonyl (C=O) groups is 2. The van der Waals surface area contributed by atoms with Gasteiger partial charge in [0.1, 0.15) is 13.1 Å². The second kappa shape index (κ2) is 8.71. The molecule has 3 aromatic rings. The molecule has 0 fully saturated rings. The first-order valence-electron chi connectivity index (χ1n) is 9.57. The lowest BCUT2D eigenvalue weighted by molar-refractivity contribution is -0.884. The molecular weight excluding hydrogens is 384 g/mol. The topological polar surface area (TPSA) is 68.4 Å². The smallest absolute Gasteiger partial charge is 0.251 e. The number of hydrogen-bond acceptors (Lipinski definition) is 4. The molecule has 0 aliphatic carbocycles. The van der Waals surface area contributed by atoms with Crippen molar-refractivity contribution in [3.05, 3.63) is 69.5 Å². The fourth-order valence-electron chi connectivity index (χ4n) is 3.48. The molecule has 3 rings (SSSR count). The third-order valence-electron chi connectivity index (χ3n) is 4.94. The largest absolute Gasteiger partial charge is 0.355 e. The number of nitrogens with one attached hydrogen (secondary N) is 2. The van der Waals surface area contributed by atoms with E-state index in [-0.39, 0.29) is 11.7 Å². The van der Waals surface area contributed by atoms with Gasteiger partial charge in [0, 0.05) is 40.5 Å². The zero-order valence-corrected chi connectivity index (χ0v) is 18.3. The van der Waals surface area contributed by atoms with Crippen molar-refractivity contribution >= 4 is 23.0 Å². The Kier molecular flexibility index (Phi) is 6.30. The highest BCUT2D eigenvalue weighted by molar-refractivity contribution is 7.12. The van der Waals surface area contributed by atoms with Crippen LogP contribution in [0.4, 0.5) is 0 Å². The van der Waals surface area contributed by atoms with E-state index in [1.54, 1.807) is 18.4 Å². The van der Waals surface area contributed by atoms with Gasteiger partial charge in [0.2, 0.25) is 5.78 Å². The molecule has 0 saturated heterocycles. The van der Waals surface area contributed by atoms with Gasteiger partial charge < -0.3 is 10.2 Å². The van der Waals surface area contributed by atoms with Gasteiger partial charge in [0.25, 0.3) is 5.91 Å². The maximum Gasteiger partial charge on any atom is 0.251 e. The van der Waals surface area contributed by atoms with E-state index in [4.69, 9.17) is 0 Å². The Morgan fingerprint density at radius 2 is 1.86 bits per heavy atom. The monoisotopic (exact) mass is 411 g/mol. The molecule has 0 saturated carbocycles. The van der Waals surface area contributed by atoms with Crippen LogP contribution in [-0.4, -0.2) is 41.9 Å². The first-order valence-corrected chi connectivity index (χ1v) is 10.4. The van der Waals surface area contributed by atoms with Crippen molar-refractivity contribution in [2.45, 2.75) is 27.3 Å². The number of Topliss-reactive ketones (excluding diaryl/α,β-unsaturated/α-hetero) is 1. The number of carbonyl (C=O) groups excluding carboxylic acids is 2. The summed E-state index contributed by atoms with van der Waals surface area (Å²) in [6, 6.07) is 9.46. The number of hydrogen-bond donors (Lipinski definition) is 2. The summed E-state index contributed by atoms with van der Waals surface area (Å²) < 4.78 is 2.05. The minimum atomic E-state index is -0.0989. The number of likely N-dealkylation sites (N-methyl/N-ethyl adjacent to an activating group) is 1. The van der Waals surface area contributed by atoms with Gasteiger partial charge in [-0.3, -0.25) is 14.2 Å². The molecule has 7 heteroatoms. The summed E-state index contributed by atoms with van der Waals surface area (Å²) in [5, 5.41) is 5.53. The summed E-state index contributed by atoms with van der Waals surface area (Å²) in [6.07, 6.45) is 0. The van der Waals surface area contributed by atoms with Crippen LogP contribution in [0.2, 0.25) is 0 Å². The van der Waals surface area contributed by atoms with Crippen LogP contribution in [0.3, 0.4) is 0 Å². The second-order valence-corrected chi connectivity index (χ2v) is 8.24. The molecule has 2 aromatic heterocycles. The van der Waals surface area contributed by atoms with Crippen molar-refractivity contribution in [3.8, 4) is 5.13 Å². The Morgan fingerprint density at radius 3 is 2.45 bits per heavy atom. The van der Waals surface area contributed by atoms with Crippen molar-refractivity contribution in [1.29, 1.82) is 0 Å². The summed E-state index contributed by atoms with van der Waals surface area (Å²) in [5.41, 5.74) is 5.41. The van der Waals surface area contributed by atoms with Crippen molar-refractivity contribution in [2.75, 3.05) is 20.6 Å². The molecule has 1 amide bonds. The Balaban J connectivity index is 1.69. The lowest BCUT2D eigenvalue weighted by atomic mass is 10.1. The Labute approximate surface area is 175 Å². The molecule has 0 spiro atoms. The van der Waals surface area contributed by atoms with Crippen LogP contribution in [0.15, 0.2) is 35.7 Å². The molecule has 1 unspecified atom stereocenters. The maximum absolute atomic E-state index is 12.9. The van der Waals surface area contributed by atoms with Crippen molar-refractivity contribution in [1.82, 2.24) is 14.9 Å². The van der Waals surface area contributed by atoms with Gasteiger partial charge in [-0.2, -0.15) is 0 Å². The third-order valence-corrected chi connectivity index (χ3v) is 5.88. The molecule has 29 heavy (non-hydrogen) atoms. The van der Waals surface area contributed by atoms with Crippen LogP contribution in [0.5, 0.6) is 0 Å². The van der Waals surface area contributed by atoms with Crippen molar-refractivity contribution in [3.63, 3.8) is 0 Å². The first-order chi connectivity index (χ1) is 13.8. The van der Waals surface area contributed by atoms with E-state index in [2.05, 4.69) is 14.9 Å². The van der Waals surface area contributed by atoms with Gasteiger partial charge in [-0.25, -0.2) is 4.98 Å². The number of nitrogens with zero attached hydrogens (tertiary/aromatic N) is 2. The standard InChI is InChI=1S/C22H26N4O2S/c1-14-13-29-22(24-14)26-15(2)10-19(16(26)3)20(27)12-25(5)11-17-6-8-18(9-7-17)21(28)23-4/h6-10,13H,11-12H2,1-5H3,(H,23,28)/p+1. The second-order valence-electron chi connectivity index (χ2n) is 7.40. The molecular formula is C22H27N4O2S+. The maximum atomic E-state index is 12.9. The normalized spacial score (nSPS) is 12.0. The molecule has 1 atom stereocenters. The summed E-state index contributed by atoms with van der Waals surface area (Å²) in [6.45, 7) is 7.07. The fourth-order valence-corrected chi connectivity index (χ4v) is 4.39. The van der Waals surface area contributed by atoms with Crippen LogP contribution in [-0.2, 0) is 6.54 Å².